The van der Waals surface area contributed by atoms with Crippen molar-refractivity contribution < 1.29 is 32.6 Å². The molecule has 7 nitrogen and oxygen atoms in total. The number of anilines is 1. The maximum Gasteiger partial charge on any atom is 0.416 e. The SMILES string of the molecule is COC(=O)C(CCN1CCC2(CC2)[C@H](O)C1)N1CCN(c2cccc(C(F)(F)F)c2)C(C)C1=O. The van der Waals surface area contributed by atoms with Crippen molar-refractivity contribution in [3.05, 3.63) is 29.8 Å². The molecule has 0 radical (unpaired) electrons. The lowest BCUT2D eigenvalue weighted by molar-refractivity contribution is -0.154. The van der Waals surface area contributed by atoms with Gasteiger partial charge < -0.3 is 24.5 Å². The average Bonchev–Trinajstić information content (AvgIpc) is 3.59. The molecule has 1 saturated carbocycles. The van der Waals surface area contributed by atoms with E-state index in [2.05, 4.69) is 4.90 Å². The van der Waals surface area contributed by atoms with E-state index in [1.165, 1.54) is 18.1 Å². The molecule has 1 aromatic rings. The summed E-state index contributed by atoms with van der Waals surface area (Å²) >= 11 is 0. The molecule has 3 aliphatic rings. The summed E-state index contributed by atoms with van der Waals surface area (Å²) in [5, 5.41) is 10.4. The van der Waals surface area contributed by atoms with Gasteiger partial charge in [-0.2, -0.15) is 13.2 Å². The number of methoxy groups -OCH3 is 1. The lowest BCUT2D eigenvalue weighted by Crippen LogP contribution is -2.61. The second-order valence-electron chi connectivity index (χ2n) is 9.71. The molecule has 34 heavy (non-hydrogen) atoms. The highest BCUT2D eigenvalue weighted by atomic mass is 19.4. The van der Waals surface area contributed by atoms with Crippen molar-refractivity contribution in [2.45, 2.75) is 57.0 Å². The number of halogens is 3. The lowest BCUT2D eigenvalue weighted by atomic mass is 9.90. The third-order valence-corrected chi connectivity index (χ3v) is 7.72. The topological polar surface area (TPSA) is 73.3 Å². The van der Waals surface area contributed by atoms with Gasteiger partial charge in [-0.25, -0.2) is 4.79 Å². The predicted octanol–water partition coefficient (Wildman–Crippen LogP) is 2.52. The summed E-state index contributed by atoms with van der Waals surface area (Å²) in [5.74, 6) is -0.834. The number of nitrogens with zero attached hydrogens (tertiary/aromatic N) is 3. The normalized spacial score (nSPS) is 26.0. The molecule has 1 aromatic carbocycles. The zero-order valence-electron chi connectivity index (χ0n) is 19.6. The molecule has 10 heteroatoms. The van der Waals surface area contributed by atoms with Crippen LogP contribution in [0.25, 0.3) is 0 Å². The van der Waals surface area contributed by atoms with E-state index in [0.29, 0.717) is 31.7 Å². The molecule has 1 amide bonds. The number of ether oxygens (including phenoxy) is 1. The number of piperazine rings is 1. The molecule has 188 valence electrons. The molecule has 0 aromatic heterocycles. The second kappa shape index (κ2) is 9.37. The van der Waals surface area contributed by atoms with Crippen molar-refractivity contribution in [1.82, 2.24) is 9.80 Å². The number of likely N-dealkylation sites (tertiary alicyclic amines) is 1. The minimum Gasteiger partial charge on any atom is -0.467 e. The van der Waals surface area contributed by atoms with Crippen LogP contribution in [0.4, 0.5) is 18.9 Å². The van der Waals surface area contributed by atoms with Crippen LogP contribution in [0.3, 0.4) is 0 Å². The van der Waals surface area contributed by atoms with Crippen molar-refractivity contribution in [3.63, 3.8) is 0 Å². The maximum absolute atomic E-state index is 13.2. The number of alkyl halides is 3. The minimum atomic E-state index is -4.47. The van der Waals surface area contributed by atoms with Gasteiger partial charge in [0.2, 0.25) is 5.91 Å². The molecular formula is C24H32F3N3O4. The van der Waals surface area contributed by atoms with Gasteiger partial charge in [0.25, 0.3) is 0 Å². The molecular weight excluding hydrogens is 451 g/mol. The molecule has 1 spiro atoms. The Labute approximate surface area is 197 Å². The minimum absolute atomic E-state index is 0.0867. The first-order valence-corrected chi connectivity index (χ1v) is 11.8. The van der Waals surface area contributed by atoms with E-state index in [1.54, 1.807) is 17.9 Å². The summed E-state index contributed by atoms with van der Waals surface area (Å²) in [4.78, 5) is 31.1. The van der Waals surface area contributed by atoms with E-state index in [9.17, 15) is 27.9 Å². The number of benzene rings is 1. The number of amides is 1. The van der Waals surface area contributed by atoms with Gasteiger partial charge in [-0.1, -0.05) is 6.07 Å². The highest BCUT2D eigenvalue weighted by Gasteiger charge is 2.51. The van der Waals surface area contributed by atoms with Crippen molar-refractivity contribution in [3.8, 4) is 0 Å². The van der Waals surface area contributed by atoms with E-state index >= 15 is 0 Å². The van der Waals surface area contributed by atoms with Gasteiger partial charge in [0.05, 0.1) is 18.8 Å². The highest BCUT2D eigenvalue weighted by molar-refractivity contribution is 5.90. The van der Waals surface area contributed by atoms with Gasteiger partial charge >= 0.3 is 12.1 Å². The monoisotopic (exact) mass is 483 g/mol. The molecule has 1 N–H and O–H groups in total. The number of carbonyl (C=O) groups is 2. The Morgan fingerprint density at radius 1 is 1.24 bits per heavy atom. The van der Waals surface area contributed by atoms with E-state index in [0.717, 1.165) is 37.9 Å². The number of carbonyl (C=O) groups excluding carboxylic acids is 2. The number of rotatable bonds is 6. The molecule has 3 fully saturated rings. The fraction of sp³-hybridized carbons (Fsp3) is 0.667. The van der Waals surface area contributed by atoms with Gasteiger partial charge in [0.1, 0.15) is 12.1 Å². The molecule has 0 bridgehead atoms. The Morgan fingerprint density at radius 2 is 1.97 bits per heavy atom. The van der Waals surface area contributed by atoms with Crippen molar-refractivity contribution in [2.75, 3.05) is 44.7 Å². The van der Waals surface area contributed by atoms with Gasteiger partial charge in [0.15, 0.2) is 0 Å². The average molecular weight is 484 g/mol. The van der Waals surface area contributed by atoms with Crippen molar-refractivity contribution in [2.24, 2.45) is 5.41 Å². The van der Waals surface area contributed by atoms with Crippen molar-refractivity contribution in [1.29, 1.82) is 0 Å². The summed E-state index contributed by atoms with van der Waals surface area (Å²) in [6.07, 6.45) is -1.40. The Balaban J connectivity index is 1.42. The van der Waals surface area contributed by atoms with E-state index in [4.69, 9.17) is 4.74 Å². The third-order valence-electron chi connectivity index (χ3n) is 7.72. The Morgan fingerprint density at radius 3 is 2.59 bits per heavy atom. The number of β-amino-alcohol motifs (C(OH)–C–C–N with tert-alkyl or cyclic N) is 1. The quantitative estimate of drug-likeness (QED) is 0.627. The van der Waals surface area contributed by atoms with Crippen LogP contribution in [0.15, 0.2) is 24.3 Å². The standard InChI is InChI=1S/C24H32F3N3O4/c1-16-21(32)30(13-12-29(16)18-5-3-4-17(14-18)24(25,26)27)19(22(33)34-2)6-10-28-11-9-23(7-8-23)20(31)15-28/h3-5,14,16,19-20,31H,6-13,15H2,1-2H3/t16?,19?,20-/m1/s1. The largest absolute Gasteiger partial charge is 0.467 e. The molecule has 2 unspecified atom stereocenters. The van der Waals surface area contributed by atoms with Crippen molar-refractivity contribution >= 4 is 17.6 Å². The van der Waals surface area contributed by atoms with Gasteiger partial charge in [-0.15, -0.1) is 0 Å². The lowest BCUT2D eigenvalue weighted by Gasteiger charge is -2.43. The number of piperidine rings is 1. The van der Waals surface area contributed by atoms with Gasteiger partial charge in [0, 0.05) is 31.9 Å². The van der Waals surface area contributed by atoms with Crippen LogP contribution in [0.2, 0.25) is 0 Å². The molecule has 2 saturated heterocycles. The Kier molecular flexibility index (Phi) is 6.83. The molecule has 2 heterocycles. The van der Waals surface area contributed by atoms with Crippen LogP contribution >= 0.6 is 0 Å². The van der Waals surface area contributed by atoms with Gasteiger partial charge in [-0.05, 0) is 62.8 Å². The first-order valence-electron chi connectivity index (χ1n) is 11.8. The summed E-state index contributed by atoms with van der Waals surface area (Å²) in [6, 6.07) is 3.43. The van der Waals surface area contributed by atoms with Crippen LogP contribution in [0.5, 0.6) is 0 Å². The first kappa shape index (κ1) is 24.8. The van der Waals surface area contributed by atoms with E-state index in [1.807, 2.05) is 0 Å². The fourth-order valence-corrected chi connectivity index (χ4v) is 5.28. The molecule has 3 atom stereocenters. The summed E-state index contributed by atoms with van der Waals surface area (Å²) in [6.45, 7) is 4.08. The predicted molar refractivity (Wildman–Crippen MR) is 119 cm³/mol. The molecule has 2 aliphatic heterocycles. The number of aliphatic hydroxyl groups excluding tert-OH is 1. The second-order valence-corrected chi connectivity index (χ2v) is 9.71. The van der Waals surface area contributed by atoms with E-state index < -0.39 is 29.8 Å². The number of aliphatic hydroxyl groups is 1. The Hall–Kier alpha value is -2.33. The van der Waals surface area contributed by atoms with Crippen LogP contribution in [-0.2, 0) is 20.5 Å². The van der Waals surface area contributed by atoms with Crippen LogP contribution in [0.1, 0.15) is 38.2 Å². The Bertz CT molecular complexity index is 921. The zero-order valence-corrected chi connectivity index (χ0v) is 19.6. The first-order chi connectivity index (χ1) is 16.1. The molecule has 1 aliphatic carbocycles. The van der Waals surface area contributed by atoms with Crippen LogP contribution < -0.4 is 4.90 Å². The number of hydrogen-bond donors (Lipinski definition) is 1. The fourth-order valence-electron chi connectivity index (χ4n) is 5.28. The van der Waals surface area contributed by atoms with Gasteiger partial charge in [-0.3, -0.25) is 4.79 Å². The maximum atomic E-state index is 13.2. The zero-order chi connectivity index (χ0) is 24.7. The summed E-state index contributed by atoms with van der Waals surface area (Å²) in [7, 11) is 1.28. The summed E-state index contributed by atoms with van der Waals surface area (Å²) in [5.41, 5.74) is -0.360. The molecule has 4 rings (SSSR count). The van der Waals surface area contributed by atoms with Crippen LogP contribution in [-0.4, -0.2) is 84.8 Å². The third kappa shape index (κ3) is 4.88. The number of hydrogen-bond acceptors (Lipinski definition) is 6. The van der Waals surface area contributed by atoms with Crippen LogP contribution in [0, 0.1) is 5.41 Å². The highest BCUT2D eigenvalue weighted by Crippen LogP contribution is 2.53. The number of esters is 1. The smallest absolute Gasteiger partial charge is 0.416 e. The van der Waals surface area contributed by atoms with E-state index in [-0.39, 0.29) is 24.0 Å². The summed E-state index contributed by atoms with van der Waals surface area (Å²) < 4.78 is 44.4.